The zero-order valence-electron chi connectivity index (χ0n) is 21.3. The zero-order valence-corrected chi connectivity index (χ0v) is 21.3. The van der Waals surface area contributed by atoms with Crippen molar-refractivity contribution in [2.24, 2.45) is 0 Å². The molecule has 0 fully saturated rings. The molecule has 0 unspecified atom stereocenters. The van der Waals surface area contributed by atoms with E-state index in [4.69, 9.17) is 28.1 Å². The number of ether oxygens (including phenoxy) is 5. The zero-order chi connectivity index (χ0) is 29.0. The molecule has 208 valence electrons. The molecule has 0 spiro atoms. The minimum absolute atomic E-state index is 0.0768. The van der Waals surface area contributed by atoms with E-state index in [1.807, 2.05) is 0 Å². The summed E-state index contributed by atoms with van der Waals surface area (Å²) < 4.78 is 72.4. The summed E-state index contributed by atoms with van der Waals surface area (Å²) in [6.45, 7) is 1.76. The Bertz CT molecular complexity index is 1620. The largest absolute Gasteiger partial charge is 0.493 e. The third kappa shape index (κ3) is 5.85. The van der Waals surface area contributed by atoms with Crippen LogP contribution in [0.25, 0.3) is 11.0 Å². The number of alkyl halides is 3. The molecule has 4 rings (SSSR count). The monoisotopic (exact) mass is 558 g/mol. The van der Waals surface area contributed by atoms with Crippen LogP contribution >= 0.6 is 0 Å². The van der Waals surface area contributed by atoms with Crippen LogP contribution in [0.3, 0.4) is 0 Å². The molecule has 1 heterocycles. The Labute approximate surface area is 224 Å². The third-order valence-electron chi connectivity index (χ3n) is 5.49. The van der Waals surface area contributed by atoms with Gasteiger partial charge >= 0.3 is 18.1 Å². The van der Waals surface area contributed by atoms with Crippen LogP contribution in [-0.2, 0) is 10.9 Å². The molecule has 1 aromatic heterocycles. The number of rotatable bonds is 8. The van der Waals surface area contributed by atoms with Crippen molar-refractivity contribution in [3.05, 3.63) is 87.8 Å². The second-order valence-electron chi connectivity index (χ2n) is 8.05. The van der Waals surface area contributed by atoms with E-state index in [1.54, 1.807) is 6.92 Å². The van der Waals surface area contributed by atoms with Gasteiger partial charge in [-0.2, -0.15) is 13.2 Å². The van der Waals surface area contributed by atoms with E-state index in [2.05, 4.69) is 0 Å². The van der Waals surface area contributed by atoms with E-state index in [1.165, 1.54) is 62.8 Å². The summed E-state index contributed by atoms with van der Waals surface area (Å²) in [7, 11) is 2.80. The van der Waals surface area contributed by atoms with Crippen LogP contribution in [0.2, 0.25) is 0 Å². The second-order valence-corrected chi connectivity index (χ2v) is 8.05. The Morgan fingerprint density at radius 2 is 1.48 bits per heavy atom. The van der Waals surface area contributed by atoms with Gasteiger partial charge in [0.15, 0.2) is 11.5 Å². The summed E-state index contributed by atoms with van der Waals surface area (Å²) >= 11 is 0. The number of carbonyl (C=O) groups is 2. The quantitative estimate of drug-likeness (QED) is 0.189. The number of hydrogen-bond acceptors (Lipinski definition) is 9. The first-order valence-electron chi connectivity index (χ1n) is 11.6. The normalized spacial score (nSPS) is 11.2. The highest BCUT2D eigenvalue weighted by atomic mass is 19.4. The number of halogens is 3. The molecule has 0 atom stereocenters. The minimum Gasteiger partial charge on any atom is -0.493 e. The highest BCUT2D eigenvalue weighted by Crippen LogP contribution is 2.39. The fourth-order valence-corrected chi connectivity index (χ4v) is 3.62. The van der Waals surface area contributed by atoms with Gasteiger partial charge in [0.05, 0.1) is 37.3 Å². The first kappa shape index (κ1) is 28.0. The van der Waals surface area contributed by atoms with Gasteiger partial charge in [0.25, 0.3) is 5.76 Å². The van der Waals surface area contributed by atoms with Crippen LogP contribution in [0.15, 0.2) is 69.9 Å². The van der Waals surface area contributed by atoms with Crippen LogP contribution in [0, 0.1) is 0 Å². The summed E-state index contributed by atoms with van der Waals surface area (Å²) in [5.74, 6) is -3.94. The lowest BCUT2D eigenvalue weighted by Gasteiger charge is -2.14. The Kier molecular flexibility index (Phi) is 7.98. The fourth-order valence-electron chi connectivity index (χ4n) is 3.62. The van der Waals surface area contributed by atoms with E-state index in [0.29, 0.717) is 5.75 Å². The first-order chi connectivity index (χ1) is 19.0. The summed E-state index contributed by atoms with van der Waals surface area (Å²) in [4.78, 5) is 37.5. The van der Waals surface area contributed by atoms with Crippen molar-refractivity contribution in [1.29, 1.82) is 0 Å². The number of carbonyl (C=O) groups excluding carboxylic acids is 2. The molecular weight excluding hydrogens is 537 g/mol. The van der Waals surface area contributed by atoms with Gasteiger partial charge in [-0.25, -0.2) is 9.59 Å². The molecular formula is C28H21F3O9. The Morgan fingerprint density at radius 1 is 0.825 bits per heavy atom. The van der Waals surface area contributed by atoms with Crippen LogP contribution in [-0.4, -0.2) is 32.8 Å². The van der Waals surface area contributed by atoms with Gasteiger partial charge in [-0.3, -0.25) is 4.79 Å². The molecule has 12 heteroatoms. The number of methoxy groups -OCH3 is 2. The highest BCUT2D eigenvalue weighted by Gasteiger charge is 2.40. The smallest absolute Gasteiger partial charge is 0.453 e. The molecule has 0 radical (unpaired) electrons. The van der Waals surface area contributed by atoms with Gasteiger partial charge < -0.3 is 28.1 Å². The van der Waals surface area contributed by atoms with Crippen LogP contribution < -0.4 is 24.4 Å². The van der Waals surface area contributed by atoms with Crippen LogP contribution in [0.5, 0.6) is 28.7 Å². The lowest BCUT2D eigenvalue weighted by molar-refractivity contribution is -0.154. The highest BCUT2D eigenvalue weighted by molar-refractivity contribution is 5.92. The predicted octanol–water partition coefficient (Wildman–Crippen LogP) is 6.02. The molecule has 0 aliphatic rings. The van der Waals surface area contributed by atoms with Gasteiger partial charge in [0.2, 0.25) is 11.2 Å². The predicted molar refractivity (Wildman–Crippen MR) is 134 cm³/mol. The number of esters is 2. The molecule has 0 saturated carbocycles. The van der Waals surface area contributed by atoms with Gasteiger partial charge in [-0.05, 0) is 61.5 Å². The van der Waals surface area contributed by atoms with E-state index in [9.17, 15) is 27.6 Å². The summed E-state index contributed by atoms with van der Waals surface area (Å²) in [5, 5.41) is -0.253. The summed E-state index contributed by atoms with van der Waals surface area (Å²) in [5.41, 5.74) is -1.38. The van der Waals surface area contributed by atoms with E-state index in [-0.39, 0.29) is 40.4 Å². The van der Waals surface area contributed by atoms with E-state index < -0.39 is 40.6 Å². The SMILES string of the molecule is CCOC(=O)c1ccc(Oc2c(C(F)(F)F)oc3cc(OC(=O)c4ccc(OC)c(OC)c4)ccc3c2=O)cc1. The lowest BCUT2D eigenvalue weighted by atomic mass is 10.2. The van der Waals surface area contributed by atoms with Gasteiger partial charge in [0.1, 0.15) is 17.1 Å². The van der Waals surface area contributed by atoms with E-state index in [0.717, 1.165) is 12.1 Å². The van der Waals surface area contributed by atoms with Crippen molar-refractivity contribution in [2.45, 2.75) is 13.1 Å². The molecule has 4 aromatic rings. The molecule has 0 N–H and O–H groups in total. The maximum absolute atomic E-state index is 13.9. The standard InChI is InChI=1S/C28H21F3O9/c1-4-37-26(33)15-5-8-17(9-6-15)38-24-23(32)19-11-10-18(14-21(19)40-25(24)28(29,30)31)39-27(34)16-7-12-20(35-2)22(13-16)36-3/h5-14H,4H2,1-3H3. The molecule has 0 aliphatic heterocycles. The maximum Gasteiger partial charge on any atom is 0.453 e. The Morgan fingerprint density at radius 3 is 2.10 bits per heavy atom. The topological polar surface area (TPSA) is 110 Å². The molecule has 0 amide bonds. The van der Waals surface area contributed by atoms with Crippen molar-refractivity contribution in [1.82, 2.24) is 0 Å². The molecule has 9 nitrogen and oxygen atoms in total. The van der Waals surface area contributed by atoms with Gasteiger partial charge in [-0.1, -0.05) is 0 Å². The van der Waals surface area contributed by atoms with Crippen molar-refractivity contribution < 1.29 is 50.9 Å². The van der Waals surface area contributed by atoms with Gasteiger partial charge in [-0.15, -0.1) is 0 Å². The molecule has 0 aliphatic carbocycles. The van der Waals surface area contributed by atoms with Crippen LogP contribution in [0.4, 0.5) is 13.2 Å². The Hall–Kier alpha value is -5.00. The van der Waals surface area contributed by atoms with E-state index >= 15 is 0 Å². The van der Waals surface area contributed by atoms with Gasteiger partial charge in [0, 0.05) is 6.07 Å². The van der Waals surface area contributed by atoms with Crippen molar-refractivity contribution in [3.63, 3.8) is 0 Å². The van der Waals surface area contributed by atoms with Crippen molar-refractivity contribution >= 4 is 22.9 Å². The average Bonchev–Trinajstić information content (AvgIpc) is 2.93. The third-order valence-corrected chi connectivity index (χ3v) is 5.49. The summed E-state index contributed by atoms with van der Waals surface area (Å²) in [6, 6.07) is 12.6. The second kappa shape index (κ2) is 11.4. The maximum atomic E-state index is 13.9. The minimum atomic E-state index is -5.11. The number of benzene rings is 3. The lowest BCUT2D eigenvalue weighted by Crippen LogP contribution is -2.16. The number of hydrogen-bond donors (Lipinski definition) is 0. The first-order valence-corrected chi connectivity index (χ1v) is 11.6. The summed E-state index contributed by atoms with van der Waals surface area (Å²) in [6.07, 6.45) is -5.11. The molecule has 40 heavy (non-hydrogen) atoms. The Balaban J connectivity index is 1.67. The molecule has 0 bridgehead atoms. The molecule has 3 aromatic carbocycles. The van der Waals surface area contributed by atoms with Crippen LogP contribution in [0.1, 0.15) is 33.4 Å². The number of fused-ring (bicyclic) bond motifs is 1. The van der Waals surface area contributed by atoms with Crippen molar-refractivity contribution in [2.75, 3.05) is 20.8 Å². The fraction of sp³-hybridized carbons (Fsp3) is 0.179. The average molecular weight is 558 g/mol. The van der Waals surface area contributed by atoms with Crippen molar-refractivity contribution in [3.8, 4) is 28.7 Å². The molecule has 0 saturated heterocycles.